The van der Waals surface area contributed by atoms with Crippen LogP contribution in [0.2, 0.25) is 0 Å². The summed E-state index contributed by atoms with van der Waals surface area (Å²) in [5.41, 5.74) is 9.24. The van der Waals surface area contributed by atoms with Gasteiger partial charge in [-0.3, -0.25) is 4.90 Å². The lowest BCUT2D eigenvalue weighted by atomic mass is 10.1. The predicted molar refractivity (Wildman–Crippen MR) is 70.7 cm³/mol. The smallest absolute Gasteiger partial charge is 0.0673 e. The number of anilines is 1. The number of ether oxygens (including phenoxy) is 1. The molecule has 0 saturated carbocycles. The Morgan fingerprint density at radius 2 is 2.06 bits per heavy atom. The fourth-order valence-electron chi connectivity index (χ4n) is 2.09. The van der Waals surface area contributed by atoms with E-state index in [1.54, 1.807) is 7.11 Å². The first-order chi connectivity index (χ1) is 8.28. The number of methoxy groups -OCH3 is 1. The van der Waals surface area contributed by atoms with Crippen molar-refractivity contribution in [2.24, 2.45) is 0 Å². The van der Waals surface area contributed by atoms with Crippen molar-refractivity contribution in [3.63, 3.8) is 0 Å². The van der Waals surface area contributed by atoms with Crippen LogP contribution in [-0.4, -0.2) is 31.7 Å². The van der Waals surface area contributed by atoms with Crippen LogP contribution in [0.1, 0.15) is 12.0 Å². The van der Waals surface area contributed by atoms with Gasteiger partial charge in [0.2, 0.25) is 0 Å². The van der Waals surface area contributed by atoms with Crippen molar-refractivity contribution in [2.45, 2.75) is 13.0 Å². The van der Waals surface area contributed by atoms with E-state index in [-0.39, 0.29) is 0 Å². The van der Waals surface area contributed by atoms with Crippen LogP contribution in [0.15, 0.2) is 35.9 Å². The molecule has 0 amide bonds. The van der Waals surface area contributed by atoms with Gasteiger partial charge >= 0.3 is 0 Å². The zero-order valence-electron chi connectivity index (χ0n) is 10.4. The Kier molecular flexibility index (Phi) is 4.18. The molecule has 1 aliphatic rings. The van der Waals surface area contributed by atoms with E-state index in [1.165, 1.54) is 11.1 Å². The number of nitrogens with zero attached hydrogens (tertiary/aromatic N) is 1. The van der Waals surface area contributed by atoms with Gasteiger partial charge in [-0.25, -0.2) is 0 Å². The van der Waals surface area contributed by atoms with Crippen LogP contribution in [0.3, 0.4) is 0 Å². The highest BCUT2D eigenvalue weighted by molar-refractivity contribution is 5.39. The van der Waals surface area contributed by atoms with Gasteiger partial charge in [0.05, 0.1) is 6.61 Å². The first-order valence-corrected chi connectivity index (χ1v) is 6.01. The van der Waals surface area contributed by atoms with E-state index in [1.807, 2.05) is 12.1 Å². The van der Waals surface area contributed by atoms with Gasteiger partial charge in [-0.1, -0.05) is 18.2 Å². The Balaban J connectivity index is 1.87. The highest BCUT2D eigenvalue weighted by atomic mass is 16.5. The van der Waals surface area contributed by atoms with Crippen molar-refractivity contribution in [1.82, 2.24) is 4.90 Å². The van der Waals surface area contributed by atoms with Crippen LogP contribution < -0.4 is 5.73 Å². The summed E-state index contributed by atoms with van der Waals surface area (Å²) in [7, 11) is 1.75. The van der Waals surface area contributed by atoms with E-state index in [4.69, 9.17) is 10.5 Å². The topological polar surface area (TPSA) is 38.5 Å². The molecule has 3 heteroatoms. The second-order valence-electron chi connectivity index (χ2n) is 4.52. The third-order valence-corrected chi connectivity index (χ3v) is 3.10. The van der Waals surface area contributed by atoms with Gasteiger partial charge < -0.3 is 10.5 Å². The van der Waals surface area contributed by atoms with Gasteiger partial charge in [0, 0.05) is 32.4 Å². The van der Waals surface area contributed by atoms with Crippen LogP contribution in [-0.2, 0) is 11.3 Å². The molecule has 17 heavy (non-hydrogen) atoms. The molecule has 0 radical (unpaired) electrons. The highest BCUT2D eigenvalue weighted by Crippen LogP contribution is 2.14. The number of hydrogen-bond donors (Lipinski definition) is 1. The van der Waals surface area contributed by atoms with Crippen molar-refractivity contribution in [3.8, 4) is 0 Å². The minimum atomic E-state index is 0.774. The Bertz CT molecular complexity index is 384. The molecule has 0 fully saturated rings. The van der Waals surface area contributed by atoms with Gasteiger partial charge in [0.15, 0.2) is 0 Å². The zero-order chi connectivity index (χ0) is 12.1. The monoisotopic (exact) mass is 232 g/mol. The van der Waals surface area contributed by atoms with E-state index >= 15 is 0 Å². The molecular weight excluding hydrogens is 212 g/mol. The van der Waals surface area contributed by atoms with Gasteiger partial charge in [-0.05, 0) is 29.7 Å². The van der Waals surface area contributed by atoms with Crippen LogP contribution in [0, 0.1) is 0 Å². The quantitative estimate of drug-likeness (QED) is 0.638. The first kappa shape index (κ1) is 12.1. The van der Waals surface area contributed by atoms with Crippen LogP contribution in [0.5, 0.6) is 0 Å². The van der Waals surface area contributed by atoms with Crippen molar-refractivity contribution >= 4 is 5.69 Å². The summed E-state index contributed by atoms with van der Waals surface area (Å²) in [6, 6.07) is 8.13. The minimum Gasteiger partial charge on any atom is -0.399 e. The van der Waals surface area contributed by atoms with Crippen molar-refractivity contribution in [3.05, 3.63) is 41.5 Å². The second-order valence-corrected chi connectivity index (χ2v) is 4.52. The molecule has 0 aromatic heterocycles. The van der Waals surface area contributed by atoms with Crippen LogP contribution in [0.4, 0.5) is 5.69 Å². The normalized spacial score (nSPS) is 16.9. The third kappa shape index (κ3) is 3.58. The van der Waals surface area contributed by atoms with E-state index in [0.29, 0.717) is 0 Å². The maximum absolute atomic E-state index is 5.67. The Morgan fingerprint density at radius 3 is 2.65 bits per heavy atom. The van der Waals surface area contributed by atoms with E-state index in [0.717, 1.165) is 38.3 Å². The summed E-state index contributed by atoms with van der Waals surface area (Å²) < 4.78 is 5.15. The summed E-state index contributed by atoms with van der Waals surface area (Å²) >= 11 is 0. The van der Waals surface area contributed by atoms with E-state index in [9.17, 15) is 0 Å². The number of rotatable bonds is 4. The number of benzene rings is 1. The molecule has 92 valence electrons. The van der Waals surface area contributed by atoms with Crippen molar-refractivity contribution in [1.29, 1.82) is 0 Å². The van der Waals surface area contributed by atoms with Crippen molar-refractivity contribution in [2.75, 3.05) is 32.5 Å². The molecule has 3 nitrogen and oxygen atoms in total. The standard InChI is InChI=1S/C14H20N2O/c1-17-11-13-6-8-16(9-7-13)10-12-2-4-14(15)5-3-12/h2-6H,7-11,15H2,1H3. The average Bonchev–Trinajstić information content (AvgIpc) is 2.35. The molecule has 1 aromatic rings. The van der Waals surface area contributed by atoms with Crippen LogP contribution in [0.25, 0.3) is 0 Å². The van der Waals surface area contributed by atoms with E-state index in [2.05, 4.69) is 23.1 Å². The molecule has 0 atom stereocenters. The Morgan fingerprint density at radius 1 is 1.29 bits per heavy atom. The third-order valence-electron chi connectivity index (χ3n) is 3.10. The second kappa shape index (κ2) is 5.84. The molecule has 1 aliphatic heterocycles. The molecular formula is C14H20N2O. The summed E-state index contributed by atoms with van der Waals surface area (Å²) in [4.78, 5) is 2.44. The highest BCUT2D eigenvalue weighted by Gasteiger charge is 2.11. The minimum absolute atomic E-state index is 0.774. The summed E-state index contributed by atoms with van der Waals surface area (Å²) in [6.45, 7) is 3.90. The molecule has 0 spiro atoms. The molecule has 1 aromatic carbocycles. The fourth-order valence-corrected chi connectivity index (χ4v) is 2.09. The lowest BCUT2D eigenvalue weighted by molar-refractivity contribution is 0.210. The summed E-state index contributed by atoms with van der Waals surface area (Å²) in [5, 5.41) is 0. The van der Waals surface area contributed by atoms with Crippen molar-refractivity contribution < 1.29 is 4.74 Å². The lowest BCUT2D eigenvalue weighted by Gasteiger charge is -2.26. The van der Waals surface area contributed by atoms with Gasteiger partial charge in [-0.2, -0.15) is 0 Å². The molecule has 0 aliphatic carbocycles. The maximum Gasteiger partial charge on any atom is 0.0673 e. The van der Waals surface area contributed by atoms with E-state index < -0.39 is 0 Å². The molecule has 0 bridgehead atoms. The Labute approximate surface area is 103 Å². The molecule has 1 heterocycles. The molecule has 2 rings (SSSR count). The van der Waals surface area contributed by atoms with Gasteiger partial charge in [0.1, 0.15) is 0 Å². The fraction of sp³-hybridized carbons (Fsp3) is 0.429. The largest absolute Gasteiger partial charge is 0.399 e. The first-order valence-electron chi connectivity index (χ1n) is 6.01. The van der Waals surface area contributed by atoms with Crippen LogP contribution >= 0.6 is 0 Å². The lowest BCUT2D eigenvalue weighted by Crippen LogP contribution is -2.29. The average molecular weight is 232 g/mol. The SMILES string of the molecule is COCC1=CCN(Cc2ccc(N)cc2)CC1. The molecule has 0 saturated heterocycles. The van der Waals surface area contributed by atoms with Gasteiger partial charge in [0.25, 0.3) is 0 Å². The summed E-state index contributed by atoms with van der Waals surface area (Å²) in [6.07, 6.45) is 3.40. The number of nitrogen functional groups attached to an aromatic ring is 1. The maximum atomic E-state index is 5.67. The van der Waals surface area contributed by atoms with Gasteiger partial charge in [-0.15, -0.1) is 0 Å². The Hall–Kier alpha value is -1.32. The zero-order valence-corrected chi connectivity index (χ0v) is 10.4. The predicted octanol–water partition coefficient (Wildman–Crippen LogP) is 2.05. The number of nitrogens with two attached hydrogens (primary N) is 1. The summed E-state index contributed by atoms with van der Waals surface area (Å²) in [5.74, 6) is 0. The number of hydrogen-bond acceptors (Lipinski definition) is 3. The molecule has 0 unspecified atom stereocenters. The molecule has 2 N–H and O–H groups in total.